The van der Waals surface area contributed by atoms with E-state index in [0.29, 0.717) is 29.5 Å². The number of ketones is 1. The van der Waals surface area contributed by atoms with Gasteiger partial charge in [0.25, 0.3) is 0 Å². The molecule has 1 saturated carbocycles. The number of hydrazine groups is 1. The first-order valence-corrected chi connectivity index (χ1v) is 16.0. The van der Waals surface area contributed by atoms with Gasteiger partial charge >= 0.3 is 17.7 Å². The molecule has 2 amide bonds. The summed E-state index contributed by atoms with van der Waals surface area (Å²) in [5.74, 6) is -3.22. The topological polar surface area (TPSA) is 106 Å². The number of likely N-dealkylation sites (tertiary alicyclic amines) is 1. The normalized spacial score (nSPS) is 26.2. The summed E-state index contributed by atoms with van der Waals surface area (Å²) in [5.41, 5.74) is 0.344. The van der Waals surface area contributed by atoms with Crippen molar-refractivity contribution in [3.63, 3.8) is 0 Å². The van der Waals surface area contributed by atoms with Crippen molar-refractivity contribution in [2.75, 3.05) is 13.6 Å². The number of ether oxygens (including phenoxy) is 1. The van der Waals surface area contributed by atoms with Gasteiger partial charge in [-0.05, 0) is 37.0 Å². The first-order valence-electron chi connectivity index (χ1n) is 15.2. The first-order chi connectivity index (χ1) is 22.1. The Morgan fingerprint density at radius 1 is 1.17 bits per heavy atom. The number of Topliss-reactive ketones (excluding diaryl/α,β-unsaturated/α-hetero) is 1. The van der Waals surface area contributed by atoms with Crippen LogP contribution in [0.4, 0.5) is 13.6 Å². The van der Waals surface area contributed by atoms with Gasteiger partial charge in [0.2, 0.25) is 17.8 Å². The number of aliphatic imine (C=N–C) groups is 1. The standard InChI is InChI=1S/C33H31F2N5O5S/c1-19-16-33(12-13-38(19)32(44)45-18-20-6-4-3-5-7-20)37(2)31(43)27-29(42)28(41)24(17-39(27)40(33)23-10-11-23)30-36-26(46-30)14-21-8-9-22(34)15-25(21)35/h3-9,15,17,19,23H,10-14,16,18H2,1-2H3/p+1. The van der Waals surface area contributed by atoms with Gasteiger partial charge in [-0.1, -0.05) is 52.8 Å². The van der Waals surface area contributed by atoms with Gasteiger partial charge in [0.05, 0.1) is 11.1 Å². The molecule has 2 saturated heterocycles. The van der Waals surface area contributed by atoms with Crippen LogP contribution >= 0.6 is 11.8 Å². The quantitative estimate of drug-likeness (QED) is 0.371. The zero-order chi connectivity index (χ0) is 32.3. The molecule has 4 aliphatic heterocycles. The number of aliphatic hydroxyl groups excluding tert-OH is 1. The molecule has 1 N–H and O–H groups in total. The zero-order valence-electron chi connectivity index (χ0n) is 25.3. The van der Waals surface area contributed by atoms with Crippen molar-refractivity contribution >= 4 is 40.8 Å². The van der Waals surface area contributed by atoms with Gasteiger partial charge in [-0.2, -0.15) is 5.01 Å². The van der Waals surface area contributed by atoms with Crippen molar-refractivity contribution in [2.45, 2.75) is 63.4 Å². The maximum absolute atomic E-state index is 14.2. The second-order valence-corrected chi connectivity index (χ2v) is 13.3. The summed E-state index contributed by atoms with van der Waals surface area (Å²) in [4.78, 5) is 48.1. The van der Waals surface area contributed by atoms with E-state index < -0.39 is 40.8 Å². The van der Waals surface area contributed by atoms with E-state index in [4.69, 9.17) is 4.74 Å². The molecule has 1 spiro atoms. The van der Waals surface area contributed by atoms with Crippen LogP contribution in [-0.4, -0.2) is 85.0 Å². The van der Waals surface area contributed by atoms with Gasteiger partial charge in [0, 0.05) is 45.0 Å². The summed E-state index contributed by atoms with van der Waals surface area (Å²) in [6, 6.07) is 12.6. The number of thioether (sulfide) groups is 1. The highest BCUT2D eigenvalue weighted by Crippen LogP contribution is 2.47. The van der Waals surface area contributed by atoms with Crippen LogP contribution in [0.1, 0.15) is 43.7 Å². The number of benzene rings is 2. The first kappa shape index (κ1) is 30.2. The Balaban J connectivity index is 1.17. The van der Waals surface area contributed by atoms with E-state index in [2.05, 4.69) is 10.0 Å². The predicted molar refractivity (Wildman–Crippen MR) is 165 cm³/mol. The number of hydrogen-bond donors (Lipinski definition) is 1. The number of fused-ring (bicyclic) bond motifs is 1. The Hall–Kier alpha value is -4.52. The number of halogens is 2. The predicted octanol–water partition coefficient (Wildman–Crippen LogP) is 4.67. The largest absolute Gasteiger partial charge is 0.499 e. The summed E-state index contributed by atoms with van der Waals surface area (Å²) in [7, 11) is 1.68. The molecule has 1 aliphatic carbocycles. The van der Waals surface area contributed by atoms with Crippen LogP contribution in [0.3, 0.4) is 0 Å². The molecule has 2 aromatic carbocycles. The second-order valence-electron chi connectivity index (χ2n) is 12.2. The number of carbonyl (C=O) groups excluding carboxylic acids is 3. The summed E-state index contributed by atoms with van der Waals surface area (Å²) >= 11 is 1.18. The average Bonchev–Trinajstić information content (AvgIpc) is 3.85. The third-order valence-corrected chi connectivity index (χ3v) is 10.2. The van der Waals surface area contributed by atoms with E-state index in [9.17, 15) is 28.3 Å². The highest BCUT2D eigenvalue weighted by Gasteiger charge is 2.64. The summed E-state index contributed by atoms with van der Waals surface area (Å²) in [6.07, 6.45) is 3.83. The molecule has 10 nitrogen and oxygen atoms in total. The van der Waals surface area contributed by atoms with E-state index in [1.165, 1.54) is 23.9 Å². The van der Waals surface area contributed by atoms with Crippen LogP contribution in [-0.2, 0) is 27.4 Å². The molecule has 46 heavy (non-hydrogen) atoms. The van der Waals surface area contributed by atoms with Gasteiger partial charge in [-0.3, -0.25) is 9.59 Å². The highest BCUT2D eigenvalue weighted by atomic mass is 32.2. The number of amides is 2. The Kier molecular flexibility index (Phi) is 7.46. The molecular weight excluding hydrogens is 616 g/mol. The Morgan fingerprint density at radius 3 is 2.59 bits per heavy atom. The van der Waals surface area contributed by atoms with Crippen molar-refractivity contribution < 1.29 is 37.7 Å². The van der Waals surface area contributed by atoms with Crippen molar-refractivity contribution in [1.82, 2.24) is 14.8 Å². The highest BCUT2D eigenvalue weighted by molar-refractivity contribution is 8.18. The Morgan fingerprint density at radius 2 is 1.91 bits per heavy atom. The number of likely N-dealkylation sites (N-methyl/N-ethyl adjacent to an activating group) is 1. The molecule has 2 atom stereocenters. The maximum Gasteiger partial charge on any atom is 0.410 e. The number of hydrazone groups is 1. The van der Waals surface area contributed by atoms with E-state index in [1.54, 1.807) is 27.7 Å². The Bertz CT molecular complexity index is 1790. The lowest BCUT2D eigenvalue weighted by Gasteiger charge is -2.54. The fourth-order valence-corrected chi connectivity index (χ4v) is 7.56. The number of allylic oxidation sites excluding steroid dienone is 1. The van der Waals surface area contributed by atoms with Crippen molar-refractivity contribution in [3.8, 4) is 0 Å². The van der Waals surface area contributed by atoms with E-state index >= 15 is 0 Å². The minimum atomic E-state index is -0.828. The molecule has 238 valence electrons. The Labute approximate surface area is 268 Å². The van der Waals surface area contributed by atoms with Crippen LogP contribution in [0.15, 0.2) is 75.6 Å². The minimum absolute atomic E-state index is 0.0485. The van der Waals surface area contributed by atoms with Gasteiger partial charge < -0.3 is 19.6 Å². The van der Waals surface area contributed by atoms with E-state index in [-0.39, 0.29) is 41.9 Å². The van der Waals surface area contributed by atoms with Crippen LogP contribution in [0.25, 0.3) is 0 Å². The van der Waals surface area contributed by atoms with Crippen LogP contribution in [0.2, 0.25) is 0 Å². The number of rotatable bonds is 5. The SMILES string of the molecule is CC1CC2(CCN1C(=O)OCc1ccccc1)N(C)C(=O)C1=C(O)C(=O)C(=C3N=C(Cc4ccc(F)cc4F)S3)C=[N+]1N2C1CC1. The zero-order valence-corrected chi connectivity index (χ0v) is 26.1. The molecule has 0 bridgehead atoms. The number of carbonyl (C=O) groups is 3. The molecule has 3 fully saturated rings. The summed E-state index contributed by atoms with van der Waals surface area (Å²) in [6.45, 7) is 2.42. The van der Waals surface area contributed by atoms with E-state index in [0.717, 1.165) is 24.5 Å². The van der Waals surface area contributed by atoms with Crippen molar-refractivity contribution in [2.24, 2.45) is 4.99 Å². The third kappa shape index (κ3) is 5.06. The molecule has 0 radical (unpaired) electrons. The maximum atomic E-state index is 14.2. The molecule has 7 rings (SSSR count). The average molecular weight is 649 g/mol. The summed E-state index contributed by atoms with van der Waals surface area (Å²) < 4.78 is 34.8. The van der Waals surface area contributed by atoms with Gasteiger partial charge in [0.1, 0.15) is 28.8 Å². The molecular formula is C33H32F2N5O5S+. The van der Waals surface area contributed by atoms with Gasteiger partial charge in [0.15, 0.2) is 5.66 Å². The molecule has 2 unspecified atom stereocenters. The fourth-order valence-electron chi connectivity index (χ4n) is 6.69. The van der Waals surface area contributed by atoms with E-state index in [1.807, 2.05) is 37.3 Å². The van der Waals surface area contributed by atoms with Crippen molar-refractivity contribution in [1.29, 1.82) is 0 Å². The molecule has 5 aliphatic rings. The molecule has 0 aromatic heterocycles. The lowest BCUT2D eigenvalue weighted by Crippen LogP contribution is -2.74. The molecule has 13 heteroatoms. The van der Waals surface area contributed by atoms with Crippen molar-refractivity contribution in [3.05, 3.63) is 93.4 Å². The monoisotopic (exact) mass is 648 g/mol. The van der Waals surface area contributed by atoms with Gasteiger partial charge in [-0.15, -0.1) is 0 Å². The third-order valence-electron chi connectivity index (χ3n) is 9.22. The lowest BCUT2D eigenvalue weighted by atomic mass is 9.87. The molecule has 4 heterocycles. The second kappa shape index (κ2) is 11.4. The lowest BCUT2D eigenvalue weighted by molar-refractivity contribution is -0.685. The van der Waals surface area contributed by atoms with Gasteiger partial charge in [-0.25, -0.2) is 18.6 Å². The summed E-state index contributed by atoms with van der Waals surface area (Å²) in [5, 5.41) is 14.1. The smallest absolute Gasteiger partial charge is 0.410 e. The van der Waals surface area contributed by atoms with Crippen LogP contribution < -0.4 is 0 Å². The van der Waals surface area contributed by atoms with Crippen LogP contribution in [0, 0.1) is 11.6 Å². The number of piperidine rings is 1. The fraction of sp³-hybridized carbons (Fsp3) is 0.364. The van der Waals surface area contributed by atoms with Crippen LogP contribution in [0.5, 0.6) is 0 Å². The molecule has 2 aromatic rings. The minimum Gasteiger partial charge on any atom is -0.499 e. The number of aliphatic hydroxyl groups is 1. The number of nitrogens with zero attached hydrogens (tertiary/aromatic N) is 5. The number of hydrogen-bond acceptors (Lipinski definition) is 8.